The average Bonchev–Trinajstić information content (AvgIpc) is 3.93. The van der Waals surface area contributed by atoms with Gasteiger partial charge in [-0.2, -0.15) is 0 Å². The molecule has 0 amide bonds. The molecule has 0 aliphatic heterocycles. The molecule has 0 saturated carbocycles. The molecule has 4 heteroatoms. The normalized spacial score (nSPS) is 13.7. The van der Waals surface area contributed by atoms with Gasteiger partial charge >= 0.3 is 0 Å². The van der Waals surface area contributed by atoms with Crippen molar-refractivity contribution in [1.29, 1.82) is 0 Å². The maximum absolute atomic E-state index is 5.07. The number of aromatic nitrogens is 4. The molecular formula is C64H44N4. The van der Waals surface area contributed by atoms with Gasteiger partial charge in [0.1, 0.15) is 0 Å². The van der Waals surface area contributed by atoms with Gasteiger partial charge in [0.2, 0.25) is 0 Å². The van der Waals surface area contributed by atoms with Crippen LogP contribution in [0.15, 0.2) is 249 Å². The number of benzene rings is 9. The van der Waals surface area contributed by atoms with Gasteiger partial charge < -0.3 is 9.13 Å². The third kappa shape index (κ3) is 6.94. The molecule has 0 fully saturated rings. The lowest BCUT2D eigenvalue weighted by atomic mass is 9.95. The van der Waals surface area contributed by atoms with Crippen LogP contribution in [0.4, 0.5) is 0 Å². The number of hydrogen-bond donors (Lipinski definition) is 0. The monoisotopic (exact) mass is 868 g/mol. The van der Waals surface area contributed by atoms with Crippen molar-refractivity contribution in [3.8, 4) is 61.8 Å². The van der Waals surface area contributed by atoms with E-state index in [4.69, 9.17) is 9.97 Å². The van der Waals surface area contributed by atoms with E-state index in [1.807, 2.05) is 24.3 Å². The van der Waals surface area contributed by atoms with E-state index >= 15 is 0 Å². The molecular weight excluding hydrogens is 825 g/mol. The van der Waals surface area contributed by atoms with Gasteiger partial charge in [-0.1, -0.05) is 188 Å². The summed E-state index contributed by atoms with van der Waals surface area (Å²) >= 11 is 0. The van der Waals surface area contributed by atoms with E-state index in [2.05, 4.69) is 234 Å². The third-order valence-corrected chi connectivity index (χ3v) is 13.7. The predicted molar refractivity (Wildman–Crippen MR) is 284 cm³/mol. The summed E-state index contributed by atoms with van der Waals surface area (Å²) in [6, 6.07) is 82.9. The van der Waals surface area contributed by atoms with Crippen LogP contribution in [0.1, 0.15) is 18.0 Å². The first-order chi connectivity index (χ1) is 33.7. The largest absolute Gasteiger partial charge is 0.333 e. The molecule has 12 aromatic rings. The second kappa shape index (κ2) is 16.5. The SMILES string of the molecule is C1=CC(n2c3ccc(-c4ccccc4)cc3c3cc(-c4ccc5c(c4)c4ccccc4n5-c4ccccc4)ccc32)CC=C1c1ccc(-c2cc(-c3ccccc3)nc(-c3ccccc3)n2)cc1. The van der Waals surface area contributed by atoms with Gasteiger partial charge in [-0.3, -0.25) is 0 Å². The molecule has 3 heterocycles. The highest BCUT2D eigenvalue weighted by molar-refractivity contribution is 6.13. The lowest BCUT2D eigenvalue weighted by Gasteiger charge is -2.21. The molecule has 3 aromatic heterocycles. The molecule has 1 aliphatic carbocycles. The lowest BCUT2D eigenvalue weighted by Crippen LogP contribution is -2.08. The van der Waals surface area contributed by atoms with E-state index in [9.17, 15) is 0 Å². The molecule has 1 atom stereocenters. The van der Waals surface area contributed by atoms with Gasteiger partial charge in [-0.15, -0.1) is 0 Å². The number of para-hydroxylation sites is 2. The molecule has 68 heavy (non-hydrogen) atoms. The van der Waals surface area contributed by atoms with Gasteiger partial charge in [0.05, 0.1) is 28.5 Å². The molecule has 0 radical (unpaired) electrons. The average molecular weight is 869 g/mol. The van der Waals surface area contributed by atoms with Crippen molar-refractivity contribution >= 4 is 49.2 Å². The van der Waals surface area contributed by atoms with Crippen LogP contribution in [0.2, 0.25) is 0 Å². The number of fused-ring (bicyclic) bond motifs is 6. The third-order valence-electron chi connectivity index (χ3n) is 13.7. The first kappa shape index (κ1) is 39.5. The minimum Gasteiger partial charge on any atom is -0.333 e. The predicted octanol–water partition coefficient (Wildman–Crippen LogP) is 16.6. The van der Waals surface area contributed by atoms with Gasteiger partial charge in [0, 0.05) is 55.0 Å². The summed E-state index contributed by atoms with van der Waals surface area (Å²) in [5.74, 6) is 0.720. The van der Waals surface area contributed by atoms with Crippen LogP contribution in [0.3, 0.4) is 0 Å². The van der Waals surface area contributed by atoms with Gasteiger partial charge in [0.25, 0.3) is 0 Å². The standard InChI is InChI=1S/C64H44N4/c1-5-15-43(16-6-1)49-31-36-62-56(39-49)57-41-51(50-32-37-61-55(40-50)54-23-13-14-24-60(54)67(61)52-21-11-4-12-22-52)33-38-63(57)68(62)53-34-29-45(30-35-53)44-25-27-47(28-26-44)59-42-58(46-17-7-2-8-18-46)65-64(66-59)48-19-9-3-10-20-48/h1-34,36-42,53H,35H2. The molecule has 0 saturated heterocycles. The Balaban J connectivity index is 0.854. The van der Waals surface area contributed by atoms with Crippen LogP contribution >= 0.6 is 0 Å². The Bertz CT molecular complexity index is 3840. The number of hydrogen-bond acceptors (Lipinski definition) is 2. The Hall–Kier alpha value is -8.86. The van der Waals surface area contributed by atoms with Crippen molar-refractivity contribution in [1.82, 2.24) is 19.1 Å². The quantitative estimate of drug-likeness (QED) is 0.153. The molecule has 0 spiro atoms. The maximum atomic E-state index is 5.07. The van der Waals surface area contributed by atoms with Crippen LogP contribution in [0.25, 0.3) is 111 Å². The first-order valence-electron chi connectivity index (χ1n) is 23.4. The van der Waals surface area contributed by atoms with Crippen molar-refractivity contribution in [3.63, 3.8) is 0 Å². The van der Waals surface area contributed by atoms with Crippen molar-refractivity contribution in [2.75, 3.05) is 0 Å². The summed E-state index contributed by atoms with van der Waals surface area (Å²) in [5.41, 5.74) is 18.3. The first-order valence-corrected chi connectivity index (χ1v) is 23.4. The Morgan fingerprint density at radius 2 is 0.809 bits per heavy atom. The summed E-state index contributed by atoms with van der Waals surface area (Å²) < 4.78 is 4.93. The Kier molecular flexibility index (Phi) is 9.61. The Labute approximate surface area is 395 Å². The summed E-state index contributed by atoms with van der Waals surface area (Å²) in [7, 11) is 0. The lowest BCUT2D eigenvalue weighted by molar-refractivity contribution is 0.649. The van der Waals surface area contributed by atoms with Crippen LogP contribution in [0, 0.1) is 0 Å². The second-order valence-corrected chi connectivity index (χ2v) is 17.7. The van der Waals surface area contributed by atoms with E-state index in [0.29, 0.717) is 0 Å². The molecule has 1 aliphatic rings. The minimum absolute atomic E-state index is 0.153. The minimum atomic E-state index is 0.153. The summed E-state index contributed by atoms with van der Waals surface area (Å²) in [6.45, 7) is 0. The second-order valence-electron chi connectivity index (χ2n) is 17.7. The van der Waals surface area contributed by atoms with Gasteiger partial charge in [-0.25, -0.2) is 9.97 Å². The molecule has 0 N–H and O–H groups in total. The molecule has 9 aromatic carbocycles. The van der Waals surface area contributed by atoms with Crippen molar-refractivity contribution in [3.05, 3.63) is 254 Å². The van der Waals surface area contributed by atoms with Crippen molar-refractivity contribution in [2.24, 2.45) is 0 Å². The van der Waals surface area contributed by atoms with E-state index in [1.54, 1.807) is 0 Å². The molecule has 0 bridgehead atoms. The summed E-state index contributed by atoms with van der Waals surface area (Å²) in [6.07, 6.45) is 7.97. The zero-order valence-corrected chi connectivity index (χ0v) is 37.2. The highest BCUT2D eigenvalue weighted by Gasteiger charge is 2.21. The highest BCUT2D eigenvalue weighted by atomic mass is 15.0. The fourth-order valence-electron chi connectivity index (χ4n) is 10.3. The van der Waals surface area contributed by atoms with Crippen molar-refractivity contribution in [2.45, 2.75) is 12.5 Å². The topological polar surface area (TPSA) is 35.6 Å². The van der Waals surface area contributed by atoms with Crippen LogP contribution < -0.4 is 0 Å². The van der Waals surface area contributed by atoms with Gasteiger partial charge in [-0.05, 0) is 100 Å². The molecule has 4 nitrogen and oxygen atoms in total. The molecule has 320 valence electrons. The highest BCUT2D eigenvalue weighted by Crippen LogP contribution is 2.41. The maximum Gasteiger partial charge on any atom is 0.160 e. The Morgan fingerprint density at radius 1 is 0.353 bits per heavy atom. The van der Waals surface area contributed by atoms with E-state index in [0.717, 1.165) is 40.3 Å². The fourth-order valence-corrected chi connectivity index (χ4v) is 10.3. The molecule has 1 unspecified atom stereocenters. The van der Waals surface area contributed by atoms with Crippen LogP contribution in [0.5, 0.6) is 0 Å². The smallest absolute Gasteiger partial charge is 0.160 e. The van der Waals surface area contributed by atoms with E-state index < -0.39 is 0 Å². The van der Waals surface area contributed by atoms with E-state index in [-0.39, 0.29) is 6.04 Å². The molecule has 13 rings (SSSR count). The summed E-state index contributed by atoms with van der Waals surface area (Å²) in [4.78, 5) is 10.1. The van der Waals surface area contributed by atoms with E-state index in [1.165, 1.54) is 82.7 Å². The van der Waals surface area contributed by atoms with Gasteiger partial charge in [0.15, 0.2) is 5.82 Å². The zero-order valence-electron chi connectivity index (χ0n) is 37.2. The number of rotatable bonds is 8. The van der Waals surface area contributed by atoms with Crippen LogP contribution in [-0.4, -0.2) is 19.1 Å². The number of allylic oxidation sites excluding steroid dienone is 4. The summed E-state index contributed by atoms with van der Waals surface area (Å²) in [5, 5.41) is 5.03. The van der Waals surface area contributed by atoms with Crippen molar-refractivity contribution < 1.29 is 0 Å². The zero-order chi connectivity index (χ0) is 45.0. The number of nitrogens with zero attached hydrogens (tertiary/aromatic N) is 4. The fraction of sp³-hybridized carbons (Fsp3) is 0.0312. The van der Waals surface area contributed by atoms with Crippen LogP contribution in [-0.2, 0) is 0 Å². The Morgan fingerprint density at radius 3 is 1.41 bits per heavy atom.